The smallest absolute Gasteiger partial charge is 0.0496 e. The molecule has 2 heteroatoms. The van der Waals surface area contributed by atoms with Crippen LogP contribution in [0.2, 0.25) is 0 Å². The Balaban J connectivity index is 4.01. The first-order valence-corrected chi connectivity index (χ1v) is 3.11. The highest BCUT2D eigenvalue weighted by molar-refractivity contribution is 5.78. The molecular formula is C7H14N2. The quantitative estimate of drug-likeness (QED) is 0.340. The highest BCUT2D eigenvalue weighted by atomic mass is 15.1. The Morgan fingerprint density at radius 3 is 2.22 bits per heavy atom. The van der Waals surface area contributed by atoms with Gasteiger partial charge in [-0.2, -0.15) is 5.10 Å². The van der Waals surface area contributed by atoms with E-state index < -0.39 is 0 Å². The van der Waals surface area contributed by atoms with Crippen molar-refractivity contribution in [2.45, 2.75) is 20.8 Å². The van der Waals surface area contributed by atoms with E-state index in [1.165, 1.54) is 5.57 Å². The molecule has 0 radical (unpaired) electrons. The van der Waals surface area contributed by atoms with Gasteiger partial charge in [-0.3, -0.25) is 0 Å². The predicted octanol–water partition coefficient (Wildman–Crippen LogP) is 1.53. The van der Waals surface area contributed by atoms with Crippen molar-refractivity contribution in [3.63, 3.8) is 0 Å². The molecule has 0 aromatic rings. The van der Waals surface area contributed by atoms with E-state index >= 15 is 0 Å². The predicted molar refractivity (Wildman–Crippen MR) is 41.3 cm³/mol. The first-order chi connectivity index (χ1) is 4.22. The highest BCUT2D eigenvalue weighted by Crippen LogP contribution is 2.04. The number of hydrogen-bond donors (Lipinski definition) is 1. The standard InChI is InChI=1S/C7H14N2/c1-4-7(5-9-8)6(2)3/h4-6H,8H2,1-3H3/b7-4+,9-5-. The summed E-state index contributed by atoms with van der Waals surface area (Å²) in [7, 11) is 0. The van der Waals surface area contributed by atoms with Crippen LogP contribution in [0.25, 0.3) is 0 Å². The molecule has 52 valence electrons. The van der Waals surface area contributed by atoms with Crippen LogP contribution in [-0.2, 0) is 0 Å². The average molecular weight is 126 g/mol. The van der Waals surface area contributed by atoms with Crippen LogP contribution in [0.3, 0.4) is 0 Å². The molecule has 9 heavy (non-hydrogen) atoms. The van der Waals surface area contributed by atoms with Gasteiger partial charge in [-0.05, 0) is 18.4 Å². The van der Waals surface area contributed by atoms with Crippen LogP contribution in [0.1, 0.15) is 20.8 Å². The summed E-state index contributed by atoms with van der Waals surface area (Å²) in [5.41, 5.74) is 1.18. The second-order valence-electron chi connectivity index (χ2n) is 2.22. The molecule has 0 atom stereocenters. The lowest BCUT2D eigenvalue weighted by Crippen LogP contribution is -1.96. The van der Waals surface area contributed by atoms with Crippen molar-refractivity contribution in [2.24, 2.45) is 16.9 Å². The van der Waals surface area contributed by atoms with E-state index in [0.29, 0.717) is 5.92 Å². The Hall–Kier alpha value is -0.790. The summed E-state index contributed by atoms with van der Waals surface area (Å²) >= 11 is 0. The van der Waals surface area contributed by atoms with Crippen molar-refractivity contribution >= 4 is 6.21 Å². The number of hydrogen-bond acceptors (Lipinski definition) is 2. The molecule has 2 N–H and O–H groups in total. The number of rotatable bonds is 2. The van der Waals surface area contributed by atoms with E-state index in [-0.39, 0.29) is 0 Å². The van der Waals surface area contributed by atoms with Crippen LogP contribution in [0.5, 0.6) is 0 Å². The van der Waals surface area contributed by atoms with Crippen molar-refractivity contribution in [2.75, 3.05) is 0 Å². The van der Waals surface area contributed by atoms with Gasteiger partial charge in [0, 0.05) is 6.21 Å². The topological polar surface area (TPSA) is 38.4 Å². The maximum Gasteiger partial charge on any atom is 0.0496 e. The largest absolute Gasteiger partial charge is 0.323 e. The van der Waals surface area contributed by atoms with E-state index in [4.69, 9.17) is 5.84 Å². The molecule has 0 aliphatic heterocycles. The van der Waals surface area contributed by atoms with Gasteiger partial charge in [0.25, 0.3) is 0 Å². The van der Waals surface area contributed by atoms with E-state index in [1.807, 2.05) is 13.0 Å². The lowest BCUT2D eigenvalue weighted by molar-refractivity contribution is 0.804. The summed E-state index contributed by atoms with van der Waals surface area (Å²) in [6, 6.07) is 0. The molecule has 0 bridgehead atoms. The number of hydrazone groups is 1. The van der Waals surface area contributed by atoms with Crippen LogP contribution >= 0.6 is 0 Å². The lowest BCUT2D eigenvalue weighted by Gasteiger charge is -2.01. The Morgan fingerprint density at radius 1 is 1.56 bits per heavy atom. The summed E-state index contributed by atoms with van der Waals surface area (Å²) in [6.07, 6.45) is 3.70. The van der Waals surface area contributed by atoms with Crippen molar-refractivity contribution < 1.29 is 0 Å². The van der Waals surface area contributed by atoms with E-state index in [9.17, 15) is 0 Å². The van der Waals surface area contributed by atoms with E-state index in [2.05, 4.69) is 18.9 Å². The fourth-order valence-electron chi connectivity index (χ4n) is 0.643. The molecule has 0 amide bonds. The molecule has 0 spiro atoms. The number of allylic oxidation sites excluding steroid dienone is 2. The van der Waals surface area contributed by atoms with Crippen molar-refractivity contribution in [1.29, 1.82) is 0 Å². The van der Waals surface area contributed by atoms with Gasteiger partial charge in [0.15, 0.2) is 0 Å². The van der Waals surface area contributed by atoms with Gasteiger partial charge in [0.05, 0.1) is 0 Å². The maximum atomic E-state index is 4.97. The summed E-state index contributed by atoms with van der Waals surface area (Å²) < 4.78 is 0. The third-order valence-corrected chi connectivity index (χ3v) is 1.22. The fraction of sp³-hybridized carbons (Fsp3) is 0.571. The zero-order valence-electron chi connectivity index (χ0n) is 6.26. The zero-order chi connectivity index (χ0) is 7.28. The first-order valence-electron chi connectivity index (χ1n) is 3.11. The maximum absolute atomic E-state index is 4.97. The highest BCUT2D eigenvalue weighted by Gasteiger charge is 1.95. The van der Waals surface area contributed by atoms with E-state index in [1.54, 1.807) is 6.21 Å². The molecule has 0 aromatic heterocycles. The second kappa shape index (κ2) is 4.13. The molecule has 0 unspecified atom stereocenters. The summed E-state index contributed by atoms with van der Waals surface area (Å²) in [6.45, 7) is 6.20. The van der Waals surface area contributed by atoms with Crippen LogP contribution < -0.4 is 5.84 Å². The van der Waals surface area contributed by atoms with Crippen molar-refractivity contribution in [1.82, 2.24) is 0 Å². The Morgan fingerprint density at radius 2 is 2.11 bits per heavy atom. The average Bonchev–Trinajstić information content (AvgIpc) is 1.82. The van der Waals surface area contributed by atoms with Gasteiger partial charge in [-0.1, -0.05) is 19.9 Å². The van der Waals surface area contributed by atoms with Crippen molar-refractivity contribution in [3.8, 4) is 0 Å². The summed E-state index contributed by atoms with van der Waals surface area (Å²) in [5.74, 6) is 5.49. The van der Waals surface area contributed by atoms with Gasteiger partial charge in [-0.15, -0.1) is 0 Å². The van der Waals surface area contributed by atoms with Crippen LogP contribution in [0, 0.1) is 5.92 Å². The van der Waals surface area contributed by atoms with Crippen LogP contribution in [-0.4, -0.2) is 6.21 Å². The minimum absolute atomic E-state index is 0.516. The minimum Gasteiger partial charge on any atom is -0.323 e. The minimum atomic E-state index is 0.516. The SMILES string of the molecule is C/C=C(\C=N/N)C(C)C. The number of nitrogens with zero attached hydrogens (tertiary/aromatic N) is 1. The summed E-state index contributed by atoms with van der Waals surface area (Å²) in [5, 5.41) is 3.43. The molecule has 0 rings (SSSR count). The molecule has 2 nitrogen and oxygen atoms in total. The lowest BCUT2D eigenvalue weighted by atomic mass is 10.1. The molecular weight excluding hydrogens is 112 g/mol. The van der Waals surface area contributed by atoms with Crippen LogP contribution in [0.15, 0.2) is 16.8 Å². The molecule has 0 aliphatic rings. The normalized spacial score (nSPS) is 13.6. The molecule has 0 fully saturated rings. The third-order valence-electron chi connectivity index (χ3n) is 1.22. The van der Waals surface area contributed by atoms with Crippen molar-refractivity contribution in [3.05, 3.63) is 11.6 Å². The molecule has 0 heterocycles. The zero-order valence-corrected chi connectivity index (χ0v) is 6.26. The fourth-order valence-corrected chi connectivity index (χ4v) is 0.643. The molecule has 0 saturated carbocycles. The Kier molecular flexibility index (Phi) is 3.76. The van der Waals surface area contributed by atoms with E-state index in [0.717, 1.165) is 0 Å². The second-order valence-corrected chi connectivity index (χ2v) is 2.22. The Labute approximate surface area is 56.4 Å². The van der Waals surface area contributed by atoms with Gasteiger partial charge in [0.1, 0.15) is 0 Å². The van der Waals surface area contributed by atoms with Gasteiger partial charge < -0.3 is 5.84 Å². The van der Waals surface area contributed by atoms with Gasteiger partial charge in [0.2, 0.25) is 0 Å². The first kappa shape index (κ1) is 8.21. The molecule has 0 aromatic carbocycles. The summed E-state index contributed by atoms with van der Waals surface area (Å²) in [4.78, 5) is 0. The molecule has 0 saturated heterocycles. The molecule has 0 aliphatic carbocycles. The van der Waals surface area contributed by atoms with Crippen LogP contribution in [0.4, 0.5) is 0 Å². The monoisotopic (exact) mass is 126 g/mol. The van der Waals surface area contributed by atoms with Gasteiger partial charge in [-0.25, -0.2) is 0 Å². The third kappa shape index (κ3) is 2.90. The Bertz CT molecular complexity index is 123. The van der Waals surface area contributed by atoms with Gasteiger partial charge >= 0.3 is 0 Å². The number of nitrogens with two attached hydrogens (primary N) is 1.